The van der Waals surface area contributed by atoms with Gasteiger partial charge in [0.1, 0.15) is 11.2 Å². The van der Waals surface area contributed by atoms with Crippen LogP contribution in [0.1, 0.15) is 32.3 Å². The molecule has 0 aliphatic rings. The van der Waals surface area contributed by atoms with Crippen LogP contribution in [-0.2, 0) is 19.7 Å². The van der Waals surface area contributed by atoms with E-state index in [1.54, 1.807) is 26.0 Å². The van der Waals surface area contributed by atoms with Crippen molar-refractivity contribution in [3.05, 3.63) is 35.6 Å². The minimum absolute atomic E-state index is 0.219. The molecular weight excluding hydrogens is 285 g/mol. The maximum absolute atomic E-state index is 13.1. The quantitative estimate of drug-likeness (QED) is 0.533. The highest BCUT2D eigenvalue weighted by atomic mass is 19.1. The van der Waals surface area contributed by atoms with Crippen molar-refractivity contribution in [2.75, 3.05) is 33.4 Å². The SMILES string of the molecule is CCOC(=O)C(C)(COCCCCNC)c1ccc(F)cc1. The number of carbonyl (C=O) groups excluding carboxylic acids is 1. The van der Waals surface area contributed by atoms with Gasteiger partial charge in [-0.3, -0.25) is 4.79 Å². The van der Waals surface area contributed by atoms with Crippen molar-refractivity contribution in [3.8, 4) is 0 Å². The van der Waals surface area contributed by atoms with Gasteiger partial charge in [0.25, 0.3) is 0 Å². The molecule has 1 N–H and O–H groups in total. The van der Waals surface area contributed by atoms with Crippen molar-refractivity contribution in [2.45, 2.75) is 32.1 Å². The van der Waals surface area contributed by atoms with Gasteiger partial charge in [-0.1, -0.05) is 12.1 Å². The predicted molar refractivity (Wildman–Crippen MR) is 84.4 cm³/mol. The van der Waals surface area contributed by atoms with Crippen LogP contribution < -0.4 is 5.32 Å². The summed E-state index contributed by atoms with van der Waals surface area (Å²) in [6.07, 6.45) is 1.94. The molecule has 0 spiro atoms. The fraction of sp³-hybridized carbons (Fsp3) is 0.588. The van der Waals surface area contributed by atoms with E-state index in [1.165, 1.54) is 12.1 Å². The number of esters is 1. The predicted octanol–water partition coefficient (Wildman–Crippen LogP) is 2.66. The van der Waals surface area contributed by atoms with E-state index in [2.05, 4.69) is 5.32 Å². The average molecular weight is 311 g/mol. The summed E-state index contributed by atoms with van der Waals surface area (Å²) in [5.74, 6) is -0.681. The van der Waals surface area contributed by atoms with Gasteiger partial charge < -0.3 is 14.8 Å². The van der Waals surface area contributed by atoms with Gasteiger partial charge >= 0.3 is 5.97 Å². The number of halogens is 1. The first kappa shape index (κ1) is 18.6. The van der Waals surface area contributed by atoms with E-state index in [9.17, 15) is 9.18 Å². The van der Waals surface area contributed by atoms with Crippen LogP contribution in [0.2, 0.25) is 0 Å². The fourth-order valence-corrected chi connectivity index (χ4v) is 2.15. The minimum atomic E-state index is -0.924. The molecule has 0 bridgehead atoms. The molecule has 0 fully saturated rings. The van der Waals surface area contributed by atoms with Crippen LogP contribution >= 0.6 is 0 Å². The number of hydrogen-bond donors (Lipinski definition) is 1. The summed E-state index contributed by atoms with van der Waals surface area (Å²) in [5.41, 5.74) is -0.227. The third-order valence-electron chi connectivity index (χ3n) is 3.56. The number of rotatable bonds is 10. The van der Waals surface area contributed by atoms with Gasteiger partial charge in [0.05, 0.1) is 13.2 Å². The van der Waals surface area contributed by atoms with Crippen molar-refractivity contribution >= 4 is 5.97 Å². The third kappa shape index (κ3) is 5.39. The van der Waals surface area contributed by atoms with E-state index < -0.39 is 5.41 Å². The highest BCUT2D eigenvalue weighted by Crippen LogP contribution is 2.26. The highest BCUT2D eigenvalue weighted by molar-refractivity contribution is 5.83. The van der Waals surface area contributed by atoms with Crippen LogP contribution in [0, 0.1) is 5.82 Å². The Morgan fingerprint density at radius 3 is 2.55 bits per heavy atom. The molecule has 0 saturated heterocycles. The van der Waals surface area contributed by atoms with E-state index in [4.69, 9.17) is 9.47 Å². The van der Waals surface area contributed by atoms with Crippen LogP contribution in [0.5, 0.6) is 0 Å². The lowest BCUT2D eigenvalue weighted by atomic mass is 9.83. The van der Waals surface area contributed by atoms with Gasteiger partial charge in [-0.25, -0.2) is 4.39 Å². The van der Waals surface area contributed by atoms with E-state index >= 15 is 0 Å². The number of unbranched alkanes of at least 4 members (excludes halogenated alkanes) is 1. The van der Waals surface area contributed by atoms with E-state index in [1.807, 2.05) is 7.05 Å². The third-order valence-corrected chi connectivity index (χ3v) is 3.56. The Labute approximate surface area is 132 Å². The number of carbonyl (C=O) groups is 1. The van der Waals surface area contributed by atoms with Gasteiger partial charge in [0.2, 0.25) is 0 Å². The molecule has 124 valence electrons. The summed E-state index contributed by atoms with van der Waals surface area (Å²) in [6, 6.07) is 5.91. The lowest BCUT2D eigenvalue weighted by Gasteiger charge is -2.27. The monoisotopic (exact) mass is 311 g/mol. The zero-order chi connectivity index (χ0) is 16.4. The standard InChI is InChI=1S/C17H26FNO3/c1-4-22-16(20)17(2,13-21-12-6-5-11-19-3)14-7-9-15(18)10-8-14/h7-10,19H,4-6,11-13H2,1-3H3. The lowest BCUT2D eigenvalue weighted by molar-refractivity contribution is -0.152. The zero-order valence-corrected chi connectivity index (χ0v) is 13.7. The van der Waals surface area contributed by atoms with Crippen LogP contribution in [0.3, 0.4) is 0 Å². The van der Waals surface area contributed by atoms with E-state index in [-0.39, 0.29) is 18.4 Å². The first-order chi connectivity index (χ1) is 10.5. The molecule has 22 heavy (non-hydrogen) atoms. The Balaban J connectivity index is 2.70. The molecule has 0 aliphatic carbocycles. The average Bonchev–Trinajstić information content (AvgIpc) is 2.51. The van der Waals surface area contributed by atoms with Gasteiger partial charge in [0, 0.05) is 6.61 Å². The van der Waals surface area contributed by atoms with Crippen molar-refractivity contribution in [2.24, 2.45) is 0 Å². The lowest BCUT2D eigenvalue weighted by Crippen LogP contribution is -2.39. The second-order valence-electron chi connectivity index (χ2n) is 5.42. The molecule has 0 aromatic heterocycles. The normalized spacial score (nSPS) is 13.6. The Kier molecular flexibility index (Phi) is 8.06. The molecule has 1 aromatic carbocycles. The molecule has 1 rings (SSSR count). The summed E-state index contributed by atoms with van der Waals surface area (Å²) in [7, 11) is 1.91. The molecule has 0 heterocycles. The maximum Gasteiger partial charge on any atom is 0.318 e. The molecule has 4 nitrogen and oxygen atoms in total. The molecule has 1 aromatic rings. The van der Waals surface area contributed by atoms with Crippen LogP contribution in [0.4, 0.5) is 4.39 Å². The maximum atomic E-state index is 13.1. The first-order valence-electron chi connectivity index (χ1n) is 7.70. The second kappa shape index (κ2) is 9.54. The van der Waals surface area contributed by atoms with Gasteiger partial charge in [-0.2, -0.15) is 0 Å². The van der Waals surface area contributed by atoms with Crippen molar-refractivity contribution < 1.29 is 18.7 Å². The Morgan fingerprint density at radius 2 is 1.95 bits per heavy atom. The molecule has 0 saturated carbocycles. The summed E-state index contributed by atoms with van der Waals surface area (Å²) < 4.78 is 23.9. The van der Waals surface area contributed by atoms with Crippen molar-refractivity contribution in [1.82, 2.24) is 5.32 Å². The van der Waals surface area contributed by atoms with Crippen LogP contribution in [0.25, 0.3) is 0 Å². The molecule has 0 radical (unpaired) electrons. The number of ether oxygens (including phenoxy) is 2. The highest BCUT2D eigenvalue weighted by Gasteiger charge is 2.37. The van der Waals surface area contributed by atoms with Crippen LogP contribution in [0.15, 0.2) is 24.3 Å². The largest absolute Gasteiger partial charge is 0.465 e. The molecule has 0 amide bonds. The number of hydrogen-bond acceptors (Lipinski definition) is 4. The fourth-order valence-electron chi connectivity index (χ4n) is 2.15. The summed E-state index contributed by atoms with van der Waals surface area (Å²) in [4.78, 5) is 12.3. The number of benzene rings is 1. The molecule has 1 atom stereocenters. The zero-order valence-electron chi connectivity index (χ0n) is 13.7. The Hall–Kier alpha value is -1.46. The van der Waals surface area contributed by atoms with Gasteiger partial charge in [0.15, 0.2) is 0 Å². The summed E-state index contributed by atoms with van der Waals surface area (Å²) >= 11 is 0. The minimum Gasteiger partial charge on any atom is -0.465 e. The van der Waals surface area contributed by atoms with Gasteiger partial charge in [-0.05, 0) is 58.0 Å². The molecule has 1 unspecified atom stereocenters. The second-order valence-corrected chi connectivity index (χ2v) is 5.42. The van der Waals surface area contributed by atoms with Crippen LogP contribution in [-0.4, -0.2) is 39.4 Å². The van der Waals surface area contributed by atoms with Crippen molar-refractivity contribution in [3.63, 3.8) is 0 Å². The molecular formula is C17H26FNO3. The van der Waals surface area contributed by atoms with E-state index in [0.29, 0.717) is 18.8 Å². The first-order valence-corrected chi connectivity index (χ1v) is 7.70. The summed E-state index contributed by atoms with van der Waals surface area (Å²) in [5, 5.41) is 3.08. The Morgan fingerprint density at radius 1 is 1.27 bits per heavy atom. The topological polar surface area (TPSA) is 47.6 Å². The smallest absolute Gasteiger partial charge is 0.318 e. The molecule has 0 aliphatic heterocycles. The Bertz CT molecular complexity index is 450. The van der Waals surface area contributed by atoms with Crippen molar-refractivity contribution in [1.29, 1.82) is 0 Å². The summed E-state index contributed by atoms with van der Waals surface area (Å²) in [6.45, 7) is 5.58. The van der Waals surface area contributed by atoms with E-state index in [0.717, 1.165) is 19.4 Å². The molecule has 5 heteroatoms. The number of nitrogens with one attached hydrogen (secondary N) is 1. The van der Waals surface area contributed by atoms with Gasteiger partial charge in [-0.15, -0.1) is 0 Å².